The van der Waals surface area contributed by atoms with E-state index in [2.05, 4.69) is 4.74 Å². The van der Waals surface area contributed by atoms with E-state index in [9.17, 15) is 22.8 Å². The van der Waals surface area contributed by atoms with E-state index in [1.165, 1.54) is 49.4 Å². The predicted octanol–water partition coefficient (Wildman–Crippen LogP) is 3.80. The summed E-state index contributed by atoms with van der Waals surface area (Å²) < 4.78 is 63.6. The van der Waals surface area contributed by atoms with Crippen LogP contribution >= 0.6 is 0 Å². The van der Waals surface area contributed by atoms with Gasteiger partial charge in [0.25, 0.3) is 5.60 Å². The minimum atomic E-state index is -5.11. The molecule has 0 radical (unpaired) electrons. The molecule has 5 nitrogen and oxygen atoms in total. The van der Waals surface area contributed by atoms with Crippen LogP contribution in [-0.2, 0) is 31.1 Å². The second-order valence-corrected chi connectivity index (χ2v) is 5.76. The lowest BCUT2D eigenvalue weighted by Crippen LogP contribution is -2.51. The topological polar surface area (TPSA) is 61.8 Å². The molecule has 0 saturated carbocycles. The first-order valence-electron chi connectivity index (χ1n) is 8.76. The number of aryl methyl sites for hydroxylation is 1. The van der Waals surface area contributed by atoms with E-state index in [0.717, 1.165) is 19.2 Å². The third-order valence-electron chi connectivity index (χ3n) is 3.87. The summed E-state index contributed by atoms with van der Waals surface area (Å²) >= 11 is 0. The van der Waals surface area contributed by atoms with E-state index in [1.807, 2.05) is 0 Å². The number of carbonyl (C=O) groups is 2. The Balaban J connectivity index is 2.18. The van der Waals surface area contributed by atoms with Crippen molar-refractivity contribution in [2.75, 3.05) is 13.7 Å². The molecule has 0 spiro atoms. The van der Waals surface area contributed by atoms with Crippen molar-refractivity contribution < 1.29 is 38.3 Å². The lowest BCUT2D eigenvalue weighted by Gasteiger charge is -2.32. The Kier molecular flexibility index (Phi) is 6.30. The van der Waals surface area contributed by atoms with Gasteiger partial charge < -0.3 is 14.2 Å². The quantitative estimate of drug-likeness (QED) is 0.525. The number of methoxy groups -OCH3 is 1. The molecule has 0 amide bonds. The minimum Gasteiger partial charge on any atom is -0.463 e. The number of halogens is 3. The normalized spacial score (nSPS) is 15.1. The monoisotopic (exact) mass is 397 g/mol. The first-order chi connectivity index (χ1) is 13.6. The van der Waals surface area contributed by atoms with E-state index in [-0.39, 0.29) is 12.2 Å². The van der Waals surface area contributed by atoms with Gasteiger partial charge in [-0.15, -0.1) is 0 Å². The van der Waals surface area contributed by atoms with Gasteiger partial charge >= 0.3 is 18.1 Å². The maximum atomic E-state index is 13.8. The van der Waals surface area contributed by atoms with Gasteiger partial charge in [0, 0.05) is 26.0 Å². The van der Waals surface area contributed by atoms with Gasteiger partial charge in [0.15, 0.2) is 0 Å². The molecule has 0 N–H and O–H groups in total. The van der Waals surface area contributed by atoms with Crippen LogP contribution in [0, 0.1) is 0 Å². The molecule has 0 bridgehead atoms. The molecule has 0 aliphatic carbocycles. The predicted molar refractivity (Wildman–Crippen MR) is 93.6 cm³/mol. The van der Waals surface area contributed by atoms with Crippen molar-refractivity contribution in [2.24, 2.45) is 0 Å². The first kappa shape index (κ1) is 19.9. The first-order valence-corrected chi connectivity index (χ1v) is 8.18. The van der Waals surface area contributed by atoms with Crippen LogP contribution in [0.4, 0.5) is 13.2 Å². The second-order valence-electron chi connectivity index (χ2n) is 5.76. The number of hydrogen-bond donors (Lipinski definition) is 0. The molecule has 8 heteroatoms. The Labute approximate surface area is 161 Å². The minimum absolute atomic E-state index is 0.168. The largest absolute Gasteiger partial charge is 0.463 e. The highest BCUT2D eigenvalue weighted by atomic mass is 19.4. The van der Waals surface area contributed by atoms with Gasteiger partial charge in [-0.2, -0.15) is 13.2 Å². The van der Waals surface area contributed by atoms with Crippen LogP contribution in [-0.4, -0.2) is 31.8 Å². The summed E-state index contributed by atoms with van der Waals surface area (Å²) in [6.07, 6.45) is -5.27. The Bertz CT molecular complexity index is 839. The van der Waals surface area contributed by atoms with Gasteiger partial charge in [-0.3, -0.25) is 4.79 Å². The summed E-state index contributed by atoms with van der Waals surface area (Å²) in [6, 6.07) is 12.3. The van der Waals surface area contributed by atoms with E-state index in [0.29, 0.717) is 5.56 Å². The summed E-state index contributed by atoms with van der Waals surface area (Å²) in [5.41, 5.74) is -3.28. The lowest BCUT2D eigenvalue weighted by molar-refractivity contribution is -0.276. The molecule has 2 aromatic rings. The molecule has 2 aromatic carbocycles. The Morgan fingerprint density at radius 2 is 1.64 bits per heavy atom. The average Bonchev–Trinajstić information content (AvgIpc) is 2.63. The standard InChI is InChI=1S/C20H19F3O5/c1-14(24)28-17-10-8-15(9-11-17)12-13-27-18(25)19(26-2,20(21,22)23)16-6-4-3-5-7-16/h3-11H,12-13H2,1-2H3/i13D/t13-,19?/m0/s1. The number of esters is 2. The molecule has 2 atom stereocenters. The van der Waals surface area contributed by atoms with Crippen LogP contribution < -0.4 is 4.74 Å². The number of rotatable bonds is 7. The molecule has 150 valence electrons. The average molecular weight is 397 g/mol. The smallest absolute Gasteiger partial charge is 0.432 e. The fraction of sp³-hybridized carbons (Fsp3) is 0.300. The second kappa shape index (κ2) is 8.88. The van der Waals surface area contributed by atoms with Crippen molar-refractivity contribution in [3.63, 3.8) is 0 Å². The number of ether oxygens (including phenoxy) is 3. The van der Waals surface area contributed by atoms with Gasteiger partial charge in [0.2, 0.25) is 0 Å². The molecule has 0 aliphatic rings. The maximum Gasteiger partial charge on any atom is 0.432 e. The van der Waals surface area contributed by atoms with Crippen molar-refractivity contribution in [3.8, 4) is 5.75 Å². The highest BCUT2D eigenvalue weighted by molar-refractivity contribution is 5.82. The third-order valence-corrected chi connectivity index (χ3v) is 3.87. The lowest BCUT2D eigenvalue weighted by atomic mass is 9.93. The van der Waals surface area contributed by atoms with Gasteiger partial charge in [-0.05, 0) is 17.7 Å². The Morgan fingerprint density at radius 3 is 2.14 bits per heavy atom. The molecular formula is C20H19F3O5. The molecule has 0 aliphatic heterocycles. The summed E-state index contributed by atoms with van der Waals surface area (Å²) in [5, 5.41) is 0. The number of benzene rings is 2. The van der Waals surface area contributed by atoms with Crippen LogP contribution in [0.15, 0.2) is 54.6 Å². The van der Waals surface area contributed by atoms with Gasteiger partial charge in [0.1, 0.15) is 5.75 Å². The summed E-state index contributed by atoms with van der Waals surface area (Å²) in [4.78, 5) is 23.4. The van der Waals surface area contributed by atoms with Crippen LogP contribution in [0.1, 0.15) is 19.4 Å². The van der Waals surface area contributed by atoms with Crippen LogP contribution in [0.5, 0.6) is 5.75 Å². The Morgan fingerprint density at radius 1 is 1.04 bits per heavy atom. The zero-order chi connectivity index (χ0) is 21.7. The van der Waals surface area contributed by atoms with Crippen LogP contribution in [0.3, 0.4) is 0 Å². The summed E-state index contributed by atoms with van der Waals surface area (Å²) in [5.74, 6) is -1.96. The van der Waals surface area contributed by atoms with Gasteiger partial charge in [-0.25, -0.2) is 4.79 Å². The van der Waals surface area contributed by atoms with Crippen molar-refractivity contribution in [1.82, 2.24) is 0 Å². The molecule has 2 rings (SSSR count). The molecule has 0 saturated heterocycles. The van der Waals surface area contributed by atoms with Crippen LogP contribution in [0.25, 0.3) is 0 Å². The highest BCUT2D eigenvalue weighted by Crippen LogP contribution is 2.42. The number of carbonyl (C=O) groups excluding carboxylic acids is 2. The summed E-state index contributed by atoms with van der Waals surface area (Å²) in [6.45, 7) is -0.370. The van der Waals surface area contributed by atoms with Crippen molar-refractivity contribution in [1.29, 1.82) is 0 Å². The van der Waals surface area contributed by atoms with Crippen LogP contribution in [0.2, 0.25) is 0 Å². The fourth-order valence-corrected chi connectivity index (χ4v) is 2.54. The van der Waals surface area contributed by atoms with E-state index >= 15 is 0 Å². The van der Waals surface area contributed by atoms with Gasteiger partial charge in [0.05, 0.1) is 7.95 Å². The number of alkyl halides is 3. The molecule has 0 aromatic heterocycles. The highest BCUT2D eigenvalue weighted by Gasteiger charge is 2.64. The zero-order valence-corrected chi connectivity index (χ0v) is 15.2. The zero-order valence-electron chi connectivity index (χ0n) is 16.2. The van der Waals surface area contributed by atoms with Crippen molar-refractivity contribution >= 4 is 11.9 Å². The number of hydrogen-bond acceptors (Lipinski definition) is 5. The van der Waals surface area contributed by atoms with Crippen molar-refractivity contribution in [2.45, 2.75) is 25.1 Å². The van der Waals surface area contributed by atoms with E-state index < -0.39 is 35.9 Å². The fourth-order valence-electron chi connectivity index (χ4n) is 2.54. The SMILES string of the molecule is [2H][C@@H](Cc1ccc(OC(C)=O)cc1)OC(=O)C(OC)(c1ccccc1)C(F)(F)F. The Hall–Kier alpha value is -2.87. The van der Waals surface area contributed by atoms with Gasteiger partial charge in [-0.1, -0.05) is 42.5 Å². The maximum absolute atomic E-state index is 13.8. The summed E-state index contributed by atoms with van der Waals surface area (Å²) in [7, 11) is 0.758. The van der Waals surface area contributed by atoms with E-state index in [4.69, 9.17) is 10.8 Å². The molecule has 28 heavy (non-hydrogen) atoms. The van der Waals surface area contributed by atoms with E-state index in [1.54, 1.807) is 0 Å². The molecule has 1 unspecified atom stereocenters. The molecule has 0 heterocycles. The molecule has 0 fully saturated rings. The molecular weight excluding hydrogens is 377 g/mol. The van der Waals surface area contributed by atoms with Crippen molar-refractivity contribution in [3.05, 3.63) is 65.7 Å². The third kappa shape index (κ3) is 4.69.